The summed E-state index contributed by atoms with van der Waals surface area (Å²) in [6, 6.07) is 35.4. The molecule has 1 fully saturated rings. The molecule has 7 atom stereocenters. The highest BCUT2D eigenvalue weighted by atomic mass is 31.2. The molecule has 4 aromatic rings. The smallest absolute Gasteiger partial charge is 0.336 e. The third-order valence-corrected chi connectivity index (χ3v) is 23.6. The van der Waals surface area contributed by atoms with Crippen LogP contribution in [-0.4, -0.2) is 117 Å². The highest BCUT2D eigenvalue weighted by Crippen LogP contribution is 2.58. The van der Waals surface area contributed by atoms with Crippen molar-refractivity contribution in [2.24, 2.45) is 46.3 Å². The second-order valence-electron chi connectivity index (χ2n) is 33.4. The van der Waals surface area contributed by atoms with Crippen LogP contribution in [0.3, 0.4) is 0 Å². The van der Waals surface area contributed by atoms with Crippen molar-refractivity contribution in [1.82, 2.24) is 0 Å². The molecule has 22 nitrogen and oxygen atoms in total. The summed E-state index contributed by atoms with van der Waals surface area (Å²) in [7, 11) is -9.30. The normalized spacial score (nSPS) is 15.8. The Bertz CT molecular complexity index is 3410. The first-order valence-electron chi connectivity index (χ1n) is 36.8. The van der Waals surface area contributed by atoms with Gasteiger partial charge in [-0.3, -0.25) is 51.5 Å². The number of hydrogen-bond acceptors (Lipinski definition) is 22. The summed E-state index contributed by atoms with van der Waals surface area (Å²) in [4.78, 5) is 71.6. The number of carbonyl (C=O) groups is 6. The summed E-state index contributed by atoms with van der Waals surface area (Å²) in [5.41, 5.74) is 2.83. The van der Waals surface area contributed by atoms with Crippen LogP contribution in [0.1, 0.15) is 221 Å². The molecular formula is C82H129O22P3. The molecule has 0 radical (unpaired) electrons. The second-order valence-corrected chi connectivity index (χ2v) is 39.4. The quantitative estimate of drug-likeness (QED) is 0.0221. The molecule has 0 bridgehead atoms. The third-order valence-electron chi connectivity index (χ3n) is 16.2. The lowest BCUT2D eigenvalue weighted by Crippen LogP contribution is -2.29. The van der Waals surface area contributed by atoms with Gasteiger partial charge in [-0.2, -0.15) is 0 Å². The van der Waals surface area contributed by atoms with Gasteiger partial charge < -0.3 is 51.3 Å². The number of rotatable bonds is 28. The fourth-order valence-corrected chi connectivity index (χ4v) is 17.8. The van der Waals surface area contributed by atoms with E-state index in [4.69, 9.17) is 60.3 Å². The van der Waals surface area contributed by atoms with Crippen molar-refractivity contribution in [3.05, 3.63) is 131 Å². The minimum absolute atomic E-state index is 0.118. The standard InChI is InChI=1S/C25H39O9P.C21H35O5P.C16H14O2.C15H31O5P.C5H10O/c1-18(19(2)21(26)30-14-20-12-10-9-11-13-20)15-35(29,33-16-31-22(27)24(3,4)5)34-17-32-23(28)25(6,7)8;1-16(15-27(23,25-20(3,4)5)26-21(6,7)8)17(2)19(22)24-14-18-12-10-9-11-13-18;1-11(17)18-10-16-14-8-4-2-6-12(14)13-7-3-5-9-15(13)16;1-11(12(2)13(16)18-9)10-21(17,19-14(3,4)5)20-15(6,7)8;1-5-3-2-4-6-5/h9-13,18-19H,14-17H2,1-8H3;9-13,16-17H,14-15H2,1-8H3;2-9,16H,10H2,1H3;11-12H,10H2,1-9H3;5H,2-4H2,1H3/t18-,19-;16-,17-;;11-,12-;/m00.0./s1. The van der Waals surface area contributed by atoms with Crippen LogP contribution in [0.15, 0.2) is 109 Å². The largest absolute Gasteiger partial charge is 0.469 e. The van der Waals surface area contributed by atoms with E-state index in [0.717, 1.165) is 17.7 Å². The van der Waals surface area contributed by atoms with Gasteiger partial charge in [-0.25, -0.2) is 0 Å². The lowest BCUT2D eigenvalue weighted by molar-refractivity contribution is -0.162. The average Bonchev–Trinajstić information content (AvgIpc) is 1.62. The van der Waals surface area contributed by atoms with Gasteiger partial charge in [0.2, 0.25) is 13.6 Å². The molecule has 0 N–H and O–H groups in total. The first-order valence-corrected chi connectivity index (χ1v) is 42.0. The van der Waals surface area contributed by atoms with Crippen molar-refractivity contribution in [2.75, 3.05) is 52.4 Å². The van der Waals surface area contributed by atoms with Gasteiger partial charge in [0, 0.05) is 19.4 Å². The molecular weight excluding hydrogens is 1430 g/mol. The lowest BCUT2D eigenvalue weighted by Gasteiger charge is -2.34. The molecule has 1 heterocycles. The van der Waals surface area contributed by atoms with Gasteiger partial charge in [0.15, 0.2) is 0 Å². The van der Waals surface area contributed by atoms with Crippen LogP contribution in [0.4, 0.5) is 0 Å². The molecule has 604 valence electrons. The van der Waals surface area contributed by atoms with Gasteiger partial charge in [0.25, 0.3) is 0 Å². The Morgan fingerprint density at radius 3 is 1.04 bits per heavy atom. The van der Waals surface area contributed by atoms with E-state index >= 15 is 0 Å². The van der Waals surface area contributed by atoms with Crippen molar-refractivity contribution in [2.45, 2.75) is 240 Å². The van der Waals surface area contributed by atoms with Crippen LogP contribution >= 0.6 is 22.8 Å². The fourth-order valence-electron chi connectivity index (χ4n) is 10.3. The van der Waals surface area contributed by atoms with Crippen LogP contribution in [0.5, 0.6) is 0 Å². The van der Waals surface area contributed by atoms with Gasteiger partial charge in [0.1, 0.15) is 19.8 Å². The highest BCUT2D eigenvalue weighted by molar-refractivity contribution is 7.54. The van der Waals surface area contributed by atoms with E-state index in [9.17, 15) is 42.5 Å². The number of benzene rings is 4. The summed E-state index contributed by atoms with van der Waals surface area (Å²) in [6.07, 6.45) is 3.22. The average molecular weight is 1560 g/mol. The molecule has 1 saturated heterocycles. The molecule has 4 aromatic carbocycles. The topological polar surface area (TPSA) is 274 Å². The van der Waals surface area contributed by atoms with Crippen molar-refractivity contribution < 1.29 is 103 Å². The SMILES string of the molecule is CC(=O)OCC1c2ccccc2-c2ccccc21.CC1CCCO1.COC(=O)[C@@H](C)[C@@H](C)CP(=O)(OC(C)(C)C)OC(C)(C)C.C[C@H](C(=O)OCc1ccccc1)[C@@H](C)CP(=O)(OC(C)(C)C)OC(C)(C)C.C[C@H](C(=O)OCc1ccccc1)[C@@H](C)CP(=O)(OCOC(=O)C(C)(C)C)OCOC(=O)C(C)(C)C. The molecule has 25 heteroatoms. The number of fused-ring (bicyclic) bond motifs is 3. The Kier molecular flexibility index (Phi) is 39.6. The van der Waals surface area contributed by atoms with Crippen LogP contribution in [-0.2, 0) is 116 Å². The molecule has 0 saturated carbocycles. The van der Waals surface area contributed by atoms with Crippen LogP contribution in [0.2, 0.25) is 0 Å². The number of methoxy groups -OCH3 is 1. The van der Waals surface area contributed by atoms with Gasteiger partial charge >= 0.3 is 58.6 Å². The Morgan fingerprint density at radius 2 is 0.757 bits per heavy atom. The summed E-state index contributed by atoms with van der Waals surface area (Å²) in [5.74, 6) is -4.55. The van der Waals surface area contributed by atoms with E-state index < -0.39 is 105 Å². The first-order chi connectivity index (χ1) is 49.1. The van der Waals surface area contributed by atoms with Crippen molar-refractivity contribution in [3.8, 4) is 11.1 Å². The molecule has 2 aliphatic rings. The fraction of sp³-hybridized carbons (Fsp3) is 0.634. The van der Waals surface area contributed by atoms with Crippen molar-refractivity contribution >= 4 is 58.6 Å². The predicted octanol–water partition coefficient (Wildman–Crippen LogP) is 19.9. The van der Waals surface area contributed by atoms with E-state index in [1.54, 1.807) is 69.2 Å². The maximum absolute atomic E-state index is 13.4. The highest BCUT2D eigenvalue weighted by Gasteiger charge is 2.42. The van der Waals surface area contributed by atoms with E-state index in [1.165, 1.54) is 49.1 Å². The number of carbonyl (C=O) groups excluding carboxylic acids is 6. The number of hydrogen-bond donors (Lipinski definition) is 0. The molecule has 107 heavy (non-hydrogen) atoms. The maximum atomic E-state index is 13.4. The van der Waals surface area contributed by atoms with Gasteiger partial charge in [-0.15, -0.1) is 0 Å². The maximum Gasteiger partial charge on any atom is 0.336 e. The Labute approximate surface area is 640 Å². The molecule has 0 spiro atoms. The van der Waals surface area contributed by atoms with Crippen molar-refractivity contribution in [3.63, 3.8) is 0 Å². The minimum atomic E-state index is -3.93. The molecule has 0 amide bonds. The Morgan fingerprint density at radius 1 is 0.439 bits per heavy atom. The number of ether oxygens (including phenoxy) is 7. The first kappa shape index (κ1) is 97.2. The van der Waals surface area contributed by atoms with Crippen LogP contribution in [0.25, 0.3) is 11.1 Å². The minimum Gasteiger partial charge on any atom is -0.469 e. The third kappa shape index (κ3) is 39.0. The Balaban J connectivity index is 0.000000483. The van der Waals surface area contributed by atoms with Gasteiger partial charge in [0.05, 0.1) is 82.7 Å². The molecule has 1 unspecified atom stereocenters. The van der Waals surface area contributed by atoms with E-state index in [1.807, 2.05) is 182 Å². The zero-order chi connectivity index (χ0) is 81.7. The van der Waals surface area contributed by atoms with Gasteiger partial charge in [-0.05, 0) is 196 Å². The van der Waals surface area contributed by atoms with Gasteiger partial charge in [-0.1, -0.05) is 151 Å². The van der Waals surface area contributed by atoms with Crippen molar-refractivity contribution in [1.29, 1.82) is 0 Å². The van der Waals surface area contributed by atoms with E-state index in [0.29, 0.717) is 12.7 Å². The zero-order valence-corrected chi connectivity index (χ0v) is 71.8. The monoisotopic (exact) mass is 1560 g/mol. The van der Waals surface area contributed by atoms with Crippen LogP contribution < -0.4 is 0 Å². The Hall–Kier alpha value is -5.89. The molecule has 1 aliphatic heterocycles. The predicted molar refractivity (Wildman–Crippen MR) is 418 cm³/mol. The molecule has 0 aromatic heterocycles. The summed E-state index contributed by atoms with van der Waals surface area (Å²) in [5, 5.41) is 0. The summed E-state index contributed by atoms with van der Waals surface area (Å²) >= 11 is 0. The second kappa shape index (κ2) is 43.6. The van der Waals surface area contributed by atoms with E-state index in [-0.39, 0.29) is 73.3 Å². The van der Waals surface area contributed by atoms with Crippen LogP contribution in [0, 0.1) is 46.3 Å². The zero-order valence-electron chi connectivity index (χ0n) is 69.1. The summed E-state index contributed by atoms with van der Waals surface area (Å²) < 4.78 is 110. The molecule has 6 rings (SSSR count). The van der Waals surface area contributed by atoms with E-state index in [2.05, 4.69) is 31.2 Å². The number of esters is 6. The lowest BCUT2D eigenvalue weighted by atomic mass is 9.98. The summed E-state index contributed by atoms with van der Waals surface area (Å²) in [6.45, 7) is 46.8. The molecule has 1 aliphatic carbocycles.